The predicted octanol–water partition coefficient (Wildman–Crippen LogP) is 2.51. The molecule has 1 heterocycles. The Balaban J connectivity index is 0.00000264. The number of rotatable bonds is 6. The standard InChI is InChI=1S/C16H24N2O3S.ClH/c1-12(2)22(20,21)11-13-5-3-6-15(9-13)18-16(19)10-14-7-4-8-17-14;/h3,5-6,9,12,14,17H,4,7-8,10-11H2,1-2H3,(H,18,19);1H. The summed E-state index contributed by atoms with van der Waals surface area (Å²) in [7, 11) is -3.14. The third-order valence-corrected chi connectivity index (χ3v) is 6.06. The molecule has 2 rings (SSSR count). The first kappa shape index (κ1) is 19.9. The number of sulfone groups is 1. The molecule has 7 heteroatoms. The molecule has 1 aliphatic rings. The molecule has 1 unspecified atom stereocenters. The maximum absolute atomic E-state index is 12.0. The topological polar surface area (TPSA) is 75.3 Å². The van der Waals surface area contributed by atoms with Gasteiger partial charge in [-0.25, -0.2) is 8.42 Å². The van der Waals surface area contributed by atoms with Crippen LogP contribution in [0.4, 0.5) is 5.69 Å². The van der Waals surface area contributed by atoms with E-state index >= 15 is 0 Å². The lowest BCUT2D eigenvalue weighted by Gasteiger charge is -2.12. The summed E-state index contributed by atoms with van der Waals surface area (Å²) in [5.74, 6) is -0.0401. The lowest BCUT2D eigenvalue weighted by Crippen LogP contribution is -2.27. The summed E-state index contributed by atoms with van der Waals surface area (Å²) in [6.45, 7) is 4.33. The molecule has 5 nitrogen and oxygen atoms in total. The first-order valence-corrected chi connectivity index (χ1v) is 9.42. The summed E-state index contributed by atoms with van der Waals surface area (Å²) in [6, 6.07) is 7.32. The number of hydrogen-bond donors (Lipinski definition) is 2. The van der Waals surface area contributed by atoms with Crippen LogP contribution >= 0.6 is 12.4 Å². The molecule has 0 spiro atoms. The van der Waals surface area contributed by atoms with Crippen molar-refractivity contribution >= 4 is 33.8 Å². The van der Waals surface area contributed by atoms with Crippen LogP contribution in [0.1, 0.15) is 38.7 Å². The lowest BCUT2D eigenvalue weighted by atomic mass is 10.1. The van der Waals surface area contributed by atoms with Gasteiger partial charge >= 0.3 is 0 Å². The van der Waals surface area contributed by atoms with Crippen molar-refractivity contribution in [3.8, 4) is 0 Å². The van der Waals surface area contributed by atoms with Crippen LogP contribution in [-0.4, -0.2) is 32.2 Å². The van der Waals surface area contributed by atoms with Crippen LogP contribution in [0.2, 0.25) is 0 Å². The van der Waals surface area contributed by atoms with E-state index in [1.54, 1.807) is 38.1 Å². The van der Waals surface area contributed by atoms with Gasteiger partial charge in [-0.15, -0.1) is 12.4 Å². The maximum atomic E-state index is 12.0. The molecule has 0 aliphatic carbocycles. The minimum atomic E-state index is -3.14. The van der Waals surface area contributed by atoms with Gasteiger partial charge in [-0.3, -0.25) is 4.79 Å². The van der Waals surface area contributed by atoms with Crippen molar-refractivity contribution in [3.05, 3.63) is 29.8 Å². The van der Waals surface area contributed by atoms with E-state index < -0.39 is 15.1 Å². The average molecular weight is 361 g/mol. The summed E-state index contributed by atoms with van der Waals surface area (Å²) in [6.07, 6.45) is 2.59. The highest BCUT2D eigenvalue weighted by Gasteiger charge is 2.19. The molecule has 0 radical (unpaired) electrons. The number of benzene rings is 1. The minimum Gasteiger partial charge on any atom is -0.326 e. The van der Waals surface area contributed by atoms with Crippen LogP contribution in [0.15, 0.2) is 24.3 Å². The molecule has 1 amide bonds. The molecule has 1 fully saturated rings. The van der Waals surface area contributed by atoms with Crippen LogP contribution in [0, 0.1) is 0 Å². The molecule has 2 N–H and O–H groups in total. The van der Waals surface area contributed by atoms with Crippen molar-refractivity contribution in [1.29, 1.82) is 0 Å². The molecule has 1 aliphatic heterocycles. The summed E-state index contributed by atoms with van der Waals surface area (Å²) in [5, 5.41) is 5.73. The van der Waals surface area contributed by atoms with Gasteiger partial charge in [0.15, 0.2) is 9.84 Å². The van der Waals surface area contributed by atoms with Gasteiger partial charge in [0, 0.05) is 18.2 Å². The average Bonchev–Trinajstić information content (AvgIpc) is 2.91. The fraction of sp³-hybridized carbons (Fsp3) is 0.562. The predicted molar refractivity (Wildman–Crippen MR) is 95.7 cm³/mol. The van der Waals surface area contributed by atoms with Crippen molar-refractivity contribution in [2.75, 3.05) is 11.9 Å². The summed E-state index contributed by atoms with van der Waals surface area (Å²) >= 11 is 0. The molecule has 1 aromatic carbocycles. The van der Waals surface area contributed by atoms with Crippen molar-refractivity contribution in [2.45, 2.75) is 50.2 Å². The number of amides is 1. The molecule has 1 atom stereocenters. The number of hydrogen-bond acceptors (Lipinski definition) is 4. The van der Waals surface area contributed by atoms with E-state index in [2.05, 4.69) is 10.6 Å². The lowest BCUT2D eigenvalue weighted by molar-refractivity contribution is -0.116. The fourth-order valence-electron chi connectivity index (χ4n) is 2.50. The van der Waals surface area contributed by atoms with Gasteiger partial charge in [-0.1, -0.05) is 12.1 Å². The van der Waals surface area contributed by atoms with Crippen molar-refractivity contribution in [1.82, 2.24) is 5.32 Å². The van der Waals surface area contributed by atoms with Gasteiger partial charge in [0.05, 0.1) is 11.0 Å². The van der Waals surface area contributed by atoms with Gasteiger partial charge in [-0.2, -0.15) is 0 Å². The van der Waals surface area contributed by atoms with E-state index in [1.165, 1.54) is 0 Å². The second-order valence-corrected chi connectivity index (χ2v) is 8.66. The maximum Gasteiger partial charge on any atom is 0.225 e. The summed E-state index contributed by atoms with van der Waals surface area (Å²) in [5.41, 5.74) is 1.35. The first-order valence-electron chi connectivity index (χ1n) is 7.70. The SMILES string of the molecule is CC(C)S(=O)(=O)Cc1cccc(NC(=O)CC2CCCN2)c1.Cl. The van der Waals surface area contributed by atoms with Gasteiger partial charge in [0.25, 0.3) is 0 Å². The van der Waals surface area contributed by atoms with E-state index in [1.807, 2.05) is 0 Å². The number of anilines is 1. The van der Waals surface area contributed by atoms with E-state index in [4.69, 9.17) is 0 Å². The number of carbonyl (C=O) groups excluding carboxylic acids is 1. The highest BCUT2D eigenvalue weighted by molar-refractivity contribution is 7.91. The molecule has 0 aromatic heterocycles. The Labute approximate surface area is 144 Å². The summed E-state index contributed by atoms with van der Waals surface area (Å²) < 4.78 is 23.9. The molecular formula is C16H25ClN2O3S. The largest absolute Gasteiger partial charge is 0.326 e. The monoisotopic (exact) mass is 360 g/mol. The molecule has 0 bridgehead atoms. The van der Waals surface area contributed by atoms with Crippen LogP contribution in [-0.2, 0) is 20.4 Å². The molecule has 1 aromatic rings. The smallest absolute Gasteiger partial charge is 0.225 e. The van der Waals surface area contributed by atoms with Crippen LogP contribution in [0.25, 0.3) is 0 Å². The second-order valence-electron chi connectivity index (χ2n) is 6.10. The zero-order chi connectivity index (χ0) is 16.2. The molecular weight excluding hydrogens is 336 g/mol. The zero-order valence-electron chi connectivity index (χ0n) is 13.5. The Morgan fingerprint density at radius 2 is 2.13 bits per heavy atom. The van der Waals surface area contributed by atoms with Crippen LogP contribution in [0.3, 0.4) is 0 Å². The first-order chi connectivity index (χ1) is 10.4. The van der Waals surface area contributed by atoms with Gasteiger partial charge in [-0.05, 0) is 50.9 Å². The minimum absolute atomic E-state index is 0. The molecule has 0 saturated carbocycles. The Morgan fingerprint density at radius 3 is 2.74 bits per heavy atom. The van der Waals surface area contributed by atoms with E-state index in [9.17, 15) is 13.2 Å². The number of carbonyl (C=O) groups is 1. The van der Waals surface area contributed by atoms with E-state index in [0.717, 1.165) is 19.4 Å². The van der Waals surface area contributed by atoms with Crippen molar-refractivity contribution in [3.63, 3.8) is 0 Å². The fourth-order valence-corrected chi connectivity index (χ4v) is 3.48. The van der Waals surface area contributed by atoms with E-state index in [0.29, 0.717) is 17.7 Å². The molecule has 23 heavy (non-hydrogen) atoms. The second kappa shape index (κ2) is 8.66. The Morgan fingerprint density at radius 1 is 1.39 bits per heavy atom. The van der Waals surface area contributed by atoms with Crippen LogP contribution in [0.5, 0.6) is 0 Å². The van der Waals surface area contributed by atoms with Gasteiger partial charge < -0.3 is 10.6 Å². The quantitative estimate of drug-likeness (QED) is 0.817. The molecule has 1 saturated heterocycles. The number of nitrogens with one attached hydrogen (secondary N) is 2. The van der Waals surface area contributed by atoms with Crippen molar-refractivity contribution in [2.24, 2.45) is 0 Å². The highest BCUT2D eigenvalue weighted by Crippen LogP contribution is 2.17. The zero-order valence-corrected chi connectivity index (χ0v) is 15.2. The van der Waals surface area contributed by atoms with Gasteiger partial charge in [0.1, 0.15) is 0 Å². The van der Waals surface area contributed by atoms with E-state index in [-0.39, 0.29) is 30.1 Å². The third-order valence-electron chi connectivity index (χ3n) is 3.89. The Kier molecular flexibility index (Phi) is 7.51. The Hall–Kier alpha value is -1.11. The van der Waals surface area contributed by atoms with Crippen molar-refractivity contribution < 1.29 is 13.2 Å². The third kappa shape index (κ3) is 6.12. The normalized spacial score (nSPS) is 17.8. The Bertz CT molecular complexity index is 626. The summed E-state index contributed by atoms with van der Waals surface area (Å²) in [4.78, 5) is 12.0. The highest BCUT2D eigenvalue weighted by atomic mass is 35.5. The van der Waals surface area contributed by atoms with Crippen LogP contribution < -0.4 is 10.6 Å². The van der Waals surface area contributed by atoms with Gasteiger partial charge in [0.2, 0.25) is 5.91 Å². The number of halogens is 1. The molecule has 130 valence electrons.